The molecule has 3 nitrogen and oxygen atoms in total. The van der Waals surface area contributed by atoms with E-state index in [0.29, 0.717) is 0 Å². The first-order valence-electron chi connectivity index (χ1n) is 7.21. The zero-order valence-corrected chi connectivity index (χ0v) is 11.2. The molecular weight excluding hydrogens is 264 g/mol. The van der Waals surface area contributed by atoms with Crippen molar-refractivity contribution in [3.63, 3.8) is 0 Å². The van der Waals surface area contributed by atoms with Gasteiger partial charge in [0.15, 0.2) is 0 Å². The summed E-state index contributed by atoms with van der Waals surface area (Å²) in [4.78, 5) is 0. The molecule has 4 atom stereocenters. The largest absolute Gasteiger partial charge is 0.387 e. The molecule has 21 heavy (non-hydrogen) atoms. The molecule has 0 bridgehead atoms. The number of hydrogen-bond donors (Lipinski definition) is 2. The summed E-state index contributed by atoms with van der Waals surface area (Å²) in [6, 6.07) is 16.5. The topological polar surface area (TPSA) is 53.0 Å². The Balaban J connectivity index is 1.89. The number of rotatable bonds is 0. The molecule has 0 radical (unpaired) electrons. The second kappa shape index (κ2) is 3.83. The van der Waals surface area contributed by atoms with Crippen LogP contribution in [0.2, 0.25) is 0 Å². The molecular formula is C18H14O3. The molecule has 1 fully saturated rings. The summed E-state index contributed by atoms with van der Waals surface area (Å²) in [6.07, 6.45) is -2.02. The highest BCUT2D eigenvalue weighted by Crippen LogP contribution is 2.53. The molecule has 0 amide bonds. The number of hydrogen-bond acceptors (Lipinski definition) is 3. The van der Waals surface area contributed by atoms with Gasteiger partial charge in [-0.15, -0.1) is 0 Å². The van der Waals surface area contributed by atoms with Crippen LogP contribution in [0, 0.1) is 0 Å². The van der Waals surface area contributed by atoms with Crippen molar-refractivity contribution >= 4 is 21.5 Å². The highest BCUT2D eigenvalue weighted by Gasteiger charge is 2.54. The first kappa shape index (κ1) is 11.7. The van der Waals surface area contributed by atoms with Gasteiger partial charge in [0.05, 0.1) is 0 Å². The van der Waals surface area contributed by atoms with Crippen molar-refractivity contribution in [3.05, 3.63) is 59.7 Å². The van der Waals surface area contributed by atoms with E-state index in [-0.39, 0.29) is 12.2 Å². The number of epoxide rings is 1. The smallest absolute Gasteiger partial charge is 0.118 e. The first-order chi connectivity index (χ1) is 10.3. The minimum absolute atomic E-state index is 0.0803. The van der Waals surface area contributed by atoms with Gasteiger partial charge in [0, 0.05) is 0 Å². The number of fused-ring (bicyclic) bond motifs is 7. The lowest BCUT2D eigenvalue weighted by Crippen LogP contribution is -2.29. The van der Waals surface area contributed by atoms with Crippen LogP contribution in [0.5, 0.6) is 0 Å². The van der Waals surface area contributed by atoms with Gasteiger partial charge in [-0.1, -0.05) is 48.5 Å². The Kier molecular flexibility index (Phi) is 2.13. The predicted molar refractivity (Wildman–Crippen MR) is 80.0 cm³/mol. The van der Waals surface area contributed by atoms with Crippen LogP contribution < -0.4 is 0 Å². The molecule has 3 heteroatoms. The fourth-order valence-electron chi connectivity index (χ4n) is 3.68. The highest BCUT2D eigenvalue weighted by atomic mass is 16.6. The Morgan fingerprint density at radius 1 is 0.810 bits per heavy atom. The molecule has 3 aromatic rings. The molecule has 2 aliphatic rings. The van der Waals surface area contributed by atoms with Crippen LogP contribution in [-0.4, -0.2) is 22.4 Å². The number of ether oxygens (including phenoxy) is 1. The summed E-state index contributed by atoms with van der Waals surface area (Å²) >= 11 is 0. The summed E-state index contributed by atoms with van der Waals surface area (Å²) in [5, 5.41) is 25.0. The van der Waals surface area contributed by atoms with Gasteiger partial charge < -0.3 is 14.9 Å². The van der Waals surface area contributed by atoms with E-state index >= 15 is 0 Å². The van der Waals surface area contributed by atoms with Gasteiger partial charge in [-0.25, -0.2) is 0 Å². The Morgan fingerprint density at radius 3 is 2.52 bits per heavy atom. The average molecular weight is 278 g/mol. The Labute approximate surface area is 121 Å². The van der Waals surface area contributed by atoms with Crippen molar-refractivity contribution in [2.24, 2.45) is 0 Å². The molecule has 1 aliphatic heterocycles. The van der Waals surface area contributed by atoms with E-state index in [0.717, 1.165) is 16.5 Å². The molecule has 0 spiro atoms. The van der Waals surface area contributed by atoms with Crippen LogP contribution in [0.3, 0.4) is 0 Å². The lowest BCUT2D eigenvalue weighted by atomic mass is 9.83. The maximum absolute atomic E-state index is 10.3. The third-order valence-corrected chi connectivity index (χ3v) is 4.79. The van der Waals surface area contributed by atoms with Gasteiger partial charge >= 0.3 is 0 Å². The fourth-order valence-corrected chi connectivity index (χ4v) is 3.68. The molecule has 104 valence electrons. The number of aliphatic hydroxyl groups excluding tert-OH is 2. The fraction of sp³-hybridized carbons (Fsp3) is 0.222. The molecule has 5 rings (SSSR count). The van der Waals surface area contributed by atoms with Crippen molar-refractivity contribution < 1.29 is 14.9 Å². The monoisotopic (exact) mass is 278 g/mol. The van der Waals surface area contributed by atoms with Crippen molar-refractivity contribution in [2.45, 2.75) is 24.4 Å². The van der Waals surface area contributed by atoms with E-state index in [2.05, 4.69) is 24.3 Å². The second-order valence-electron chi connectivity index (χ2n) is 5.91. The Morgan fingerprint density at radius 2 is 1.62 bits per heavy atom. The van der Waals surface area contributed by atoms with Gasteiger partial charge in [0.25, 0.3) is 0 Å². The maximum atomic E-state index is 10.3. The zero-order chi connectivity index (χ0) is 14.1. The van der Waals surface area contributed by atoms with E-state index < -0.39 is 12.2 Å². The summed E-state index contributed by atoms with van der Waals surface area (Å²) in [5.41, 5.74) is 1.84. The third kappa shape index (κ3) is 1.43. The molecule has 0 aromatic heterocycles. The van der Waals surface area contributed by atoms with Gasteiger partial charge in [0.2, 0.25) is 0 Å². The quantitative estimate of drug-likeness (QED) is 0.491. The van der Waals surface area contributed by atoms with Crippen molar-refractivity contribution in [2.75, 3.05) is 0 Å². The van der Waals surface area contributed by atoms with Gasteiger partial charge in [-0.2, -0.15) is 0 Å². The SMILES string of the molecule is O[C@H]1[C@H]2O[C@H]2c2c(ccc3c2ccc2ccccc23)[C@@H]1O. The normalized spacial score (nSPS) is 30.2. The molecule has 1 aliphatic carbocycles. The predicted octanol–water partition coefficient (Wildman–Crippen LogP) is 2.84. The molecule has 2 N–H and O–H groups in total. The number of benzene rings is 3. The molecule has 1 heterocycles. The van der Waals surface area contributed by atoms with Gasteiger partial charge in [-0.3, -0.25) is 0 Å². The van der Waals surface area contributed by atoms with Gasteiger partial charge in [0.1, 0.15) is 24.4 Å². The lowest BCUT2D eigenvalue weighted by Gasteiger charge is -2.24. The van der Waals surface area contributed by atoms with Crippen LogP contribution in [0.25, 0.3) is 21.5 Å². The average Bonchev–Trinajstić information content (AvgIpc) is 3.32. The number of aliphatic hydroxyl groups is 2. The van der Waals surface area contributed by atoms with Crippen LogP contribution in [0.15, 0.2) is 48.5 Å². The summed E-state index contributed by atoms with van der Waals surface area (Å²) in [7, 11) is 0. The zero-order valence-electron chi connectivity index (χ0n) is 11.2. The van der Waals surface area contributed by atoms with Crippen molar-refractivity contribution in [1.29, 1.82) is 0 Å². The maximum Gasteiger partial charge on any atom is 0.118 e. The molecule has 0 unspecified atom stereocenters. The molecule has 1 saturated heterocycles. The van der Waals surface area contributed by atoms with E-state index in [1.807, 2.05) is 24.3 Å². The first-order valence-corrected chi connectivity index (χ1v) is 7.21. The van der Waals surface area contributed by atoms with Crippen LogP contribution >= 0.6 is 0 Å². The second-order valence-corrected chi connectivity index (χ2v) is 5.91. The lowest BCUT2D eigenvalue weighted by molar-refractivity contribution is 0.000106. The van der Waals surface area contributed by atoms with Crippen LogP contribution in [0.1, 0.15) is 23.3 Å². The molecule has 3 aromatic carbocycles. The summed E-state index contributed by atoms with van der Waals surface area (Å²) < 4.78 is 5.60. The van der Waals surface area contributed by atoms with E-state index in [1.54, 1.807) is 0 Å². The molecule has 0 saturated carbocycles. The van der Waals surface area contributed by atoms with E-state index in [9.17, 15) is 10.2 Å². The van der Waals surface area contributed by atoms with E-state index in [1.165, 1.54) is 16.2 Å². The minimum Gasteiger partial charge on any atom is -0.387 e. The third-order valence-electron chi connectivity index (χ3n) is 4.79. The van der Waals surface area contributed by atoms with Crippen LogP contribution in [0.4, 0.5) is 0 Å². The van der Waals surface area contributed by atoms with Gasteiger partial charge in [-0.05, 0) is 32.7 Å². The van der Waals surface area contributed by atoms with E-state index in [4.69, 9.17) is 4.74 Å². The van der Waals surface area contributed by atoms with Crippen molar-refractivity contribution in [1.82, 2.24) is 0 Å². The highest BCUT2D eigenvalue weighted by molar-refractivity contribution is 6.09. The minimum atomic E-state index is -0.861. The standard InChI is InChI=1S/C18H14O3/c19-15-13-8-7-11-10-4-2-1-3-9(10)5-6-12(11)14(13)17-18(21-17)16(15)20/h1-8,15-20H/t15-,16+,17-,18+/m0/s1. The summed E-state index contributed by atoms with van der Waals surface area (Å²) in [6.45, 7) is 0. The van der Waals surface area contributed by atoms with Crippen molar-refractivity contribution in [3.8, 4) is 0 Å². The Hall–Kier alpha value is -1.94. The van der Waals surface area contributed by atoms with Crippen LogP contribution in [-0.2, 0) is 4.74 Å². The summed E-state index contributed by atoms with van der Waals surface area (Å²) in [5.74, 6) is 0. The Bertz CT molecular complexity index is 886.